The molecule has 0 saturated heterocycles. The lowest BCUT2D eigenvalue weighted by atomic mass is 10.2. The van der Waals surface area contributed by atoms with Crippen molar-refractivity contribution in [2.24, 2.45) is 0 Å². The molecule has 0 radical (unpaired) electrons. The summed E-state index contributed by atoms with van der Waals surface area (Å²) in [5.74, 6) is -1.09. The van der Waals surface area contributed by atoms with E-state index >= 15 is 0 Å². The highest BCUT2D eigenvalue weighted by Crippen LogP contribution is 2.09. The largest absolute Gasteiger partial charge is 0.478 e. The highest BCUT2D eigenvalue weighted by molar-refractivity contribution is 5.92. The number of pyridine rings is 1. The molecule has 7 heteroatoms. The van der Waals surface area contributed by atoms with E-state index in [1.165, 1.54) is 18.5 Å². The second-order valence-corrected chi connectivity index (χ2v) is 3.77. The summed E-state index contributed by atoms with van der Waals surface area (Å²) in [5.41, 5.74) is 0.374. The number of amides is 2. The number of rotatable bonds is 6. The molecule has 0 atom stereocenters. The highest BCUT2D eigenvalue weighted by atomic mass is 16.5. The van der Waals surface area contributed by atoms with Gasteiger partial charge >= 0.3 is 12.0 Å². The van der Waals surface area contributed by atoms with Crippen molar-refractivity contribution in [3.63, 3.8) is 0 Å². The Morgan fingerprint density at radius 1 is 1.47 bits per heavy atom. The van der Waals surface area contributed by atoms with Gasteiger partial charge in [0, 0.05) is 26.4 Å². The Labute approximate surface area is 111 Å². The van der Waals surface area contributed by atoms with E-state index in [1.807, 2.05) is 6.92 Å². The van der Waals surface area contributed by atoms with Crippen molar-refractivity contribution >= 4 is 17.7 Å². The molecule has 2 N–H and O–H groups in total. The van der Waals surface area contributed by atoms with Crippen molar-refractivity contribution < 1.29 is 19.4 Å². The second-order valence-electron chi connectivity index (χ2n) is 3.77. The first-order valence-corrected chi connectivity index (χ1v) is 5.81. The first-order chi connectivity index (χ1) is 9.08. The van der Waals surface area contributed by atoms with Crippen LogP contribution in [0.1, 0.15) is 17.3 Å². The number of likely N-dealkylation sites (N-methyl/N-ethyl adjacent to an activating group) is 1. The molecular weight excluding hydrogens is 250 g/mol. The van der Waals surface area contributed by atoms with Gasteiger partial charge in [-0.25, -0.2) is 9.59 Å². The van der Waals surface area contributed by atoms with E-state index in [1.54, 1.807) is 12.0 Å². The van der Waals surface area contributed by atoms with Gasteiger partial charge in [-0.2, -0.15) is 0 Å². The van der Waals surface area contributed by atoms with E-state index in [-0.39, 0.29) is 11.6 Å². The molecule has 1 rings (SSSR count). The van der Waals surface area contributed by atoms with Crippen molar-refractivity contribution in [1.29, 1.82) is 0 Å². The average molecular weight is 267 g/mol. The Balaban J connectivity index is 2.69. The third-order valence-electron chi connectivity index (χ3n) is 2.47. The van der Waals surface area contributed by atoms with Crippen LogP contribution in [0.3, 0.4) is 0 Å². The standard InChI is InChI=1S/C12H17N3O4/c1-3-15(4-5-19-2)12(18)14-10-6-9(11(16)17)7-13-8-10/h6-8H,3-5H2,1-2H3,(H,14,18)(H,16,17). The van der Waals surface area contributed by atoms with Crippen LogP contribution in [0.25, 0.3) is 0 Å². The summed E-state index contributed by atoms with van der Waals surface area (Å²) < 4.78 is 4.91. The molecule has 104 valence electrons. The molecule has 19 heavy (non-hydrogen) atoms. The van der Waals surface area contributed by atoms with Crippen molar-refractivity contribution in [1.82, 2.24) is 9.88 Å². The molecule has 0 spiro atoms. The van der Waals surface area contributed by atoms with Crippen molar-refractivity contribution in [2.45, 2.75) is 6.92 Å². The van der Waals surface area contributed by atoms with Gasteiger partial charge in [0.05, 0.1) is 24.1 Å². The predicted molar refractivity (Wildman–Crippen MR) is 69.3 cm³/mol. The Bertz CT molecular complexity index is 450. The molecule has 0 fully saturated rings. The second kappa shape index (κ2) is 7.32. The van der Waals surface area contributed by atoms with Crippen molar-refractivity contribution in [3.8, 4) is 0 Å². The Kier molecular flexibility index (Phi) is 5.74. The first-order valence-electron chi connectivity index (χ1n) is 5.81. The third kappa shape index (κ3) is 4.55. The van der Waals surface area contributed by atoms with Crippen LogP contribution in [0, 0.1) is 0 Å². The zero-order valence-electron chi connectivity index (χ0n) is 10.9. The molecule has 2 amide bonds. The number of hydrogen-bond acceptors (Lipinski definition) is 4. The molecule has 0 aromatic carbocycles. The van der Waals surface area contributed by atoms with Crippen LogP contribution in [-0.2, 0) is 4.74 Å². The summed E-state index contributed by atoms with van der Waals surface area (Å²) in [7, 11) is 1.56. The summed E-state index contributed by atoms with van der Waals surface area (Å²) in [6.45, 7) is 3.28. The summed E-state index contributed by atoms with van der Waals surface area (Å²) in [4.78, 5) is 28.0. The number of anilines is 1. The van der Waals surface area contributed by atoms with Crippen LogP contribution in [0.4, 0.5) is 10.5 Å². The van der Waals surface area contributed by atoms with Gasteiger partial charge < -0.3 is 20.1 Å². The number of carbonyl (C=O) groups is 2. The van der Waals surface area contributed by atoms with E-state index in [0.29, 0.717) is 25.4 Å². The molecule has 0 unspecified atom stereocenters. The fourth-order valence-electron chi connectivity index (χ4n) is 1.43. The van der Waals surface area contributed by atoms with Crippen LogP contribution < -0.4 is 5.32 Å². The van der Waals surface area contributed by atoms with Crippen LogP contribution in [0.5, 0.6) is 0 Å². The number of carboxylic acid groups (broad SMARTS) is 1. The van der Waals surface area contributed by atoms with E-state index in [0.717, 1.165) is 0 Å². The lowest BCUT2D eigenvalue weighted by molar-refractivity contribution is 0.0696. The van der Waals surface area contributed by atoms with E-state index in [9.17, 15) is 9.59 Å². The van der Waals surface area contributed by atoms with E-state index < -0.39 is 5.97 Å². The Morgan fingerprint density at radius 3 is 2.79 bits per heavy atom. The van der Waals surface area contributed by atoms with Crippen LogP contribution >= 0.6 is 0 Å². The average Bonchev–Trinajstić information content (AvgIpc) is 2.40. The molecule has 1 aromatic heterocycles. The van der Waals surface area contributed by atoms with Crippen molar-refractivity contribution in [2.75, 3.05) is 32.1 Å². The zero-order chi connectivity index (χ0) is 14.3. The minimum absolute atomic E-state index is 0.0257. The molecular formula is C12H17N3O4. The quantitative estimate of drug-likeness (QED) is 0.810. The van der Waals surface area contributed by atoms with Gasteiger partial charge in [0.25, 0.3) is 0 Å². The number of carbonyl (C=O) groups excluding carboxylic acids is 1. The maximum atomic E-state index is 11.9. The van der Waals surface area contributed by atoms with Gasteiger partial charge in [-0.1, -0.05) is 0 Å². The minimum atomic E-state index is -1.09. The van der Waals surface area contributed by atoms with Crippen LogP contribution in [0.15, 0.2) is 18.5 Å². The fourth-order valence-corrected chi connectivity index (χ4v) is 1.43. The summed E-state index contributed by atoms with van der Waals surface area (Å²) >= 11 is 0. The van der Waals surface area contributed by atoms with Gasteiger partial charge in [-0.05, 0) is 13.0 Å². The maximum Gasteiger partial charge on any atom is 0.337 e. The lowest BCUT2D eigenvalue weighted by Crippen LogP contribution is -2.37. The third-order valence-corrected chi connectivity index (χ3v) is 2.47. The molecule has 0 bridgehead atoms. The first kappa shape index (κ1) is 14.9. The predicted octanol–water partition coefficient (Wildman–Crippen LogP) is 1.28. The minimum Gasteiger partial charge on any atom is -0.478 e. The summed E-state index contributed by atoms with van der Waals surface area (Å²) in [5, 5.41) is 11.4. The van der Waals surface area contributed by atoms with Gasteiger partial charge in [-0.3, -0.25) is 4.98 Å². The van der Waals surface area contributed by atoms with E-state index in [4.69, 9.17) is 9.84 Å². The summed E-state index contributed by atoms with van der Waals surface area (Å²) in [6.07, 6.45) is 2.62. The normalized spacial score (nSPS) is 10.0. The SMILES string of the molecule is CCN(CCOC)C(=O)Nc1cncc(C(=O)O)c1. The fraction of sp³-hybridized carbons (Fsp3) is 0.417. The number of nitrogens with one attached hydrogen (secondary N) is 1. The number of urea groups is 1. The maximum absolute atomic E-state index is 11.9. The molecule has 0 aliphatic carbocycles. The number of carboxylic acids is 1. The smallest absolute Gasteiger partial charge is 0.337 e. The van der Waals surface area contributed by atoms with Crippen molar-refractivity contribution in [3.05, 3.63) is 24.0 Å². The van der Waals surface area contributed by atoms with Gasteiger partial charge in [-0.15, -0.1) is 0 Å². The number of methoxy groups -OCH3 is 1. The number of aromatic nitrogens is 1. The van der Waals surface area contributed by atoms with E-state index in [2.05, 4.69) is 10.3 Å². The Morgan fingerprint density at radius 2 is 2.21 bits per heavy atom. The zero-order valence-corrected chi connectivity index (χ0v) is 10.9. The number of hydrogen-bond donors (Lipinski definition) is 2. The van der Waals surface area contributed by atoms with Gasteiger partial charge in [0.15, 0.2) is 0 Å². The van der Waals surface area contributed by atoms with Gasteiger partial charge in [0.2, 0.25) is 0 Å². The lowest BCUT2D eigenvalue weighted by Gasteiger charge is -2.20. The van der Waals surface area contributed by atoms with Crippen LogP contribution in [0.2, 0.25) is 0 Å². The molecule has 1 heterocycles. The molecule has 1 aromatic rings. The number of nitrogens with zero attached hydrogens (tertiary/aromatic N) is 2. The summed E-state index contributed by atoms with van der Waals surface area (Å²) in [6, 6.07) is 1.04. The number of ether oxygens (including phenoxy) is 1. The molecule has 0 saturated carbocycles. The van der Waals surface area contributed by atoms with Crippen LogP contribution in [-0.4, -0.2) is 53.8 Å². The molecule has 0 aliphatic heterocycles. The monoisotopic (exact) mass is 267 g/mol. The number of aromatic carboxylic acids is 1. The highest BCUT2D eigenvalue weighted by Gasteiger charge is 2.12. The molecule has 7 nitrogen and oxygen atoms in total. The topological polar surface area (TPSA) is 91.8 Å². The molecule has 0 aliphatic rings. The Hall–Kier alpha value is -2.15. The van der Waals surface area contributed by atoms with Gasteiger partial charge in [0.1, 0.15) is 0 Å².